The smallest absolute Gasteiger partial charge is 0.255 e. The largest absolute Gasteiger partial charge is 0.508 e. The first-order chi connectivity index (χ1) is 11.5. The van der Waals surface area contributed by atoms with E-state index in [0.29, 0.717) is 11.7 Å². The fraction of sp³-hybridized carbons (Fsp3) is 0.111. The Labute approximate surface area is 138 Å². The number of carbonyl (C=O) groups is 1. The van der Waals surface area contributed by atoms with Crippen molar-refractivity contribution in [1.82, 2.24) is 10.3 Å². The summed E-state index contributed by atoms with van der Waals surface area (Å²) in [7, 11) is 0. The maximum atomic E-state index is 12.2. The van der Waals surface area contributed by atoms with Gasteiger partial charge in [-0.3, -0.25) is 4.79 Å². The zero-order valence-electron chi connectivity index (χ0n) is 12.9. The first kappa shape index (κ1) is 15.6. The maximum absolute atomic E-state index is 12.2. The molecule has 1 heterocycles. The van der Waals surface area contributed by atoms with Crippen LogP contribution < -0.4 is 5.32 Å². The van der Waals surface area contributed by atoms with E-state index >= 15 is 0 Å². The van der Waals surface area contributed by atoms with E-state index in [9.17, 15) is 15.0 Å². The number of benzene rings is 2. The Hall–Kier alpha value is -3.28. The van der Waals surface area contributed by atoms with Crippen molar-refractivity contribution < 1.29 is 19.4 Å². The van der Waals surface area contributed by atoms with E-state index in [0.717, 1.165) is 11.6 Å². The normalized spacial score (nSPS) is 11.9. The Morgan fingerprint density at radius 1 is 1.17 bits per heavy atom. The number of hydrogen-bond donors (Lipinski definition) is 3. The van der Waals surface area contributed by atoms with Gasteiger partial charge in [0.25, 0.3) is 5.91 Å². The molecule has 0 aliphatic heterocycles. The minimum Gasteiger partial charge on any atom is -0.508 e. The minimum absolute atomic E-state index is 0.0643. The fourth-order valence-corrected chi connectivity index (χ4v) is 2.27. The molecular formula is C18H16N2O4. The molecule has 1 aromatic heterocycles. The molecule has 6 heteroatoms. The number of oxazole rings is 1. The molecule has 0 aliphatic rings. The van der Waals surface area contributed by atoms with Gasteiger partial charge in [0.15, 0.2) is 5.76 Å². The van der Waals surface area contributed by atoms with Crippen molar-refractivity contribution in [3.8, 4) is 22.8 Å². The number of hydrogen-bond acceptors (Lipinski definition) is 5. The number of carbonyl (C=O) groups excluding carboxylic acids is 1. The zero-order valence-corrected chi connectivity index (χ0v) is 12.9. The lowest BCUT2D eigenvalue weighted by molar-refractivity contribution is 0.0931. The third-order valence-electron chi connectivity index (χ3n) is 3.53. The summed E-state index contributed by atoms with van der Waals surface area (Å²) in [4.78, 5) is 16.4. The number of phenols is 2. The van der Waals surface area contributed by atoms with Crippen LogP contribution in [0.15, 0.2) is 59.1 Å². The Bertz CT molecular complexity index is 858. The van der Waals surface area contributed by atoms with E-state index in [4.69, 9.17) is 4.42 Å². The summed E-state index contributed by atoms with van der Waals surface area (Å²) in [6, 6.07) is 12.8. The van der Waals surface area contributed by atoms with Gasteiger partial charge in [-0.15, -0.1) is 0 Å². The van der Waals surface area contributed by atoms with Gasteiger partial charge in [-0.05, 0) is 19.1 Å². The average molecular weight is 324 g/mol. The van der Waals surface area contributed by atoms with Crippen LogP contribution in [0, 0.1) is 0 Å². The van der Waals surface area contributed by atoms with Gasteiger partial charge in [0.1, 0.15) is 17.5 Å². The number of rotatable bonds is 4. The summed E-state index contributed by atoms with van der Waals surface area (Å²) < 4.78 is 5.69. The summed E-state index contributed by atoms with van der Waals surface area (Å²) >= 11 is 0. The van der Waals surface area contributed by atoms with E-state index in [1.54, 1.807) is 13.1 Å². The average Bonchev–Trinajstić information content (AvgIpc) is 3.05. The van der Waals surface area contributed by atoms with Gasteiger partial charge in [-0.2, -0.15) is 0 Å². The molecule has 0 saturated heterocycles. The SMILES string of the molecule is CC(NC(=O)c1ccc(O)cc1O)c1ncc(-c2ccccc2)o1. The first-order valence-electron chi connectivity index (χ1n) is 7.38. The standard InChI is InChI=1S/C18H16N2O4/c1-11(20-17(23)14-8-7-13(21)9-15(14)22)18-19-10-16(24-18)12-5-3-2-4-6-12/h2-11,21-22H,1H3,(H,20,23). The van der Waals surface area contributed by atoms with Gasteiger partial charge in [0.2, 0.25) is 5.89 Å². The minimum atomic E-state index is -0.487. The van der Waals surface area contributed by atoms with Crippen molar-refractivity contribution in [2.75, 3.05) is 0 Å². The molecule has 0 radical (unpaired) electrons. The lowest BCUT2D eigenvalue weighted by Gasteiger charge is -2.11. The molecule has 24 heavy (non-hydrogen) atoms. The van der Waals surface area contributed by atoms with Crippen LogP contribution in [-0.4, -0.2) is 21.1 Å². The highest BCUT2D eigenvalue weighted by Gasteiger charge is 2.18. The second-order valence-electron chi connectivity index (χ2n) is 5.33. The molecule has 3 aromatic rings. The Morgan fingerprint density at radius 3 is 2.62 bits per heavy atom. The Kier molecular flexibility index (Phi) is 4.20. The summed E-state index contributed by atoms with van der Waals surface area (Å²) in [6.07, 6.45) is 1.60. The van der Waals surface area contributed by atoms with Crippen LogP contribution in [0.4, 0.5) is 0 Å². The van der Waals surface area contributed by atoms with Crippen LogP contribution in [0.5, 0.6) is 11.5 Å². The molecule has 0 bridgehead atoms. The molecule has 3 rings (SSSR count). The first-order valence-corrected chi connectivity index (χ1v) is 7.38. The van der Waals surface area contributed by atoms with E-state index in [2.05, 4.69) is 10.3 Å². The molecule has 3 N–H and O–H groups in total. The summed E-state index contributed by atoms with van der Waals surface area (Å²) in [5.74, 6) is 0.0773. The highest BCUT2D eigenvalue weighted by atomic mass is 16.4. The van der Waals surface area contributed by atoms with Crippen LogP contribution in [0.3, 0.4) is 0 Å². The number of nitrogens with one attached hydrogen (secondary N) is 1. The summed E-state index contributed by atoms with van der Waals surface area (Å²) in [5, 5.41) is 21.7. The Balaban J connectivity index is 1.74. The third-order valence-corrected chi connectivity index (χ3v) is 3.53. The van der Waals surface area contributed by atoms with Crippen LogP contribution in [-0.2, 0) is 0 Å². The van der Waals surface area contributed by atoms with Crippen LogP contribution >= 0.6 is 0 Å². The van der Waals surface area contributed by atoms with Crippen molar-refractivity contribution in [1.29, 1.82) is 0 Å². The highest BCUT2D eigenvalue weighted by Crippen LogP contribution is 2.25. The number of aromatic nitrogens is 1. The summed E-state index contributed by atoms with van der Waals surface area (Å²) in [5.41, 5.74) is 0.959. The monoisotopic (exact) mass is 324 g/mol. The number of nitrogens with zero attached hydrogens (tertiary/aromatic N) is 1. The van der Waals surface area contributed by atoms with E-state index in [1.165, 1.54) is 12.1 Å². The van der Waals surface area contributed by atoms with Crippen LogP contribution in [0.2, 0.25) is 0 Å². The van der Waals surface area contributed by atoms with Gasteiger partial charge in [0, 0.05) is 11.6 Å². The zero-order chi connectivity index (χ0) is 17.1. The van der Waals surface area contributed by atoms with Crippen molar-refractivity contribution in [3.63, 3.8) is 0 Å². The van der Waals surface area contributed by atoms with Gasteiger partial charge < -0.3 is 19.9 Å². The van der Waals surface area contributed by atoms with E-state index in [-0.39, 0.29) is 17.1 Å². The number of aromatic hydroxyl groups is 2. The third kappa shape index (κ3) is 3.22. The quantitative estimate of drug-likeness (QED) is 0.684. The molecule has 2 aromatic carbocycles. The van der Waals surface area contributed by atoms with E-state index in [1.807, 2.05) is 30.3 Å². The topological polar surface area (TPSA) is 95.6 Å². The summed E-state index contributed by atoms with van der Waals surface area (Å²) in [6.45, 7) is 1.73. The van der Waals surface area contributed by atoms with Crippen LogP contribution in [0.1, 0.15) is 29.2 Å². The second kappa shape index (κ2) is 6.45. The molecule has 122 valence electrons. The van der Waals surface area contributed by atoms with Crippen molar-refractivity contribution in [3.05, 3.63) is 66.2 Å². The van der Waals surface area contributed by atoms with Crippen molar-refractivity contribution in [2.45, 2.75) is 13.0 Å². The lowest BCUT2D eigenvalue weighted by atomic mass is 10.1. The molecule has 1 amide bonds. The molecule has 0 spiro atoms. The van der Waals surface area contributed by atoms with Crippen molar-refractivity contribution >= 4 is 5.91 Å². The molecule has 1 unspecified atom stereocenters. The number of amides is 1. The van der Waals surface area contributed by atoms with Crippen LogP contribution in [0.25, 0.3) is 11.3 Å². The van der Waals surface area contributed by atoms with Gasteiger partial charge >= 0.3 is 0 Å². The van der Waals surface area contributed by atoms with E-state index < -0.39 is 11.9 Å². The molecule has 1 atom stereocenters. The Morgan fingerprint density at radius 2 is 1.92 bits per heavy atom. The number of phenolic OH excluding ortho intramolecular Hbond substituents is 2. The second-order valence-corrected chi connectivity index (χ2v) is 5.33. The lowest BCUT2D eigenvalue weighted by Crippen LogP contribution is -2.26. The highest BCUT2D eigenvalue weighted by molar-refractivity contribution is 5.97. The van der Waals surface area contributed by atoms with Gasteiger partial charge in [-0.25, -0.2) is 4.98 Å². The van der Waals surface area contributed by atoms with Crippen molar-refractivity contribution in [2.24, 2.45) is 0 Å². The van der Waals surface area contributed by atoms with Gasteiger partial charge in [0.05, 0.1) is 11.8 Å². The molecule has 0 aliphatic carbocycles. The maximum Gasteiger partial charge on any atom is 0.255 e. The molecule has 0 saturated carbocycles. The van der Waals surface area contributed by atoms with Gasteiger partial charge in [-0.1, -0.05) is 30.3 Å². The predicted octanol–water partition coefficient (Wildman–Crippen LogP) is 3.24. The fourth-order valence-electron chi connectivity index (χ4n) is 2.27. The molecule has 6 nitrogen and oxygen atoms in total. The molecular weight excluding hydrogens is 308 g/mol. The predicted molar refractivity (Wildman–Crippen MR) is 87.6 cm³/mol. The molecule has 0 fully saturated rings.